The largest absolute Gasteiger partial charge is 0.380 e. The zero-order valence-corrected chi connectivity index (χ0v) is 28.2. The standard InChI is InChI=1S/C46H43NO/c1-5-7-9-16-34(3)44(36-17-10-8-11-18-36)33-35-23-25-37(26-24-35)45-40-19-12-14-21-42(40)46(43-22-15-13-20-41(43)45)38-27-29-39(30-28-38)47(4)31-32-48-6-2/h1,7-27,29-30,33,38H,6,28,31-32H2,2-4H3/b9-7-,34-16+,44-33+. The van der Waals surface area contributed by atoms with E-state index in [1.54, 1.807) is 6.08 Å². The number of hydrogen-bond acceptors (Lipinski definition) is 2. The molecule has 0 bridgehead atoms. The number of allylic oxidation sites excluding steroid dienone is 8. The summed E-state index contributed by atoms with van der Waals surface area (Å²) in [5.41, 5.74) is 9.81. The summed E-state index contributed by atoms with van der Waals surface area (Å²) in [6, 6.07) is 37.4. The number of hydrogen-bond donors (Lipinski definition) is 0. The number of rotatable bonds is 11. The zero-order valence-electron chi connectivity index (χ0n) is 28.2. The number of terminal acetylenes is 1. The van der Waals surface area contributed by atoms with Gasteiger partial charge in [-0.05, 0) is 99.0 Å². The molecule has 1 unspecified atom stereocenters. The van der Waals surface area contributed by atoms with E-state index in [4.69, 9.17) is 11.2 Å². The lowest BCUT2D eigenvalue weighted by Crippen LogP contribution is -2.23. The molecule has 0 saturated heterocycles. The van der Waals surface area contributed by atoms with Crippen LogP contribution in [0.15, 0.2) is 151 Å². The summed E-state index contributed by atoms with van der Waals surface area (Å²) < 4.78 is 5.59. The Labute approximate surface area is 286 Å². The van der Waals surface area contributed by atoms with Crippen molar-refractivity contribution < 1.29 is 4.74 Å². The molecule has 1 aliphatic rings. The van der Waals surface area contributed by atoms with Crippen LogP contribution in [-0.2, 0) is 4.74 Å². The van der Waals surface area contributed by atoms with E-state index in [2.05, 4.69) is 158 Å². The van der Waals surface area contributed by atoms with E-state index >= 15 is 0 Å². The van der Waals surface area contributed by atoms with Crippen LogP contribution in [-0.4, -0.2) is 31.7 Å². The zero-order chi connectivity index (χ0) is 33.3. The predicted octanol–water partition coefficient (Wildman–Crippen LogP) is 11.2. The lowest BCUT2D eigenvalue weighted by atomic mass is 9.81. The first-order valence-electron chi connectivity index (χ1n) is 16.9. The molecule has 5 aromatic rings. The van der Waals surface area contributed by atoms with Crippen molar-refractivity contribution in [2.24, 2.45) is 0 Å². The molecule has 238 valence electrons. The van der Waals surface area contributed by atoms with E-state index in [1.165, 1.54) is 55.1 Å². The molecular weight excluding hydrogens is 583 g/mol. The molecule has 0 fully saturated rings. The number of nitrogens with zero attached hydrogens (tertiary/aromatic N) is 1. The van der Waals surface area contributed by atoms with Gasteiger partial charge in [-0.15, -0.1) is 6.42 Å². The van der Waals surface area contributed by atoms with Gasteiger partial charge in [0.15, 0.2) is 0 Å². The lowest BCUT2D eigenvalue weighted by molar-refractivity contribution is 0.131. The van der Waals surface area contributed by atoms with Crippen molar-refractivity contribution >= 4 is 33.2 Å². The Morgan fingerprint density at radius 2 is 1.52 bits per heavy atom. The third-order valence-corrected chi connectivity index (χ3v) is 9.20. The topological polar surface area (TPSA) is 12.5 Å². The second kappa shape index (κ2) is 15.5. The van der Waals surface area contributed by atoms with Gasteiger partial charge in [0.2, 0.25) is 0 Å². The van der Waals surface area contributed by atoms with Crippen LogP contribution in [0.2, 0.25) is 0 Å². The SMILES string of the molecule is C#C\C=C/C=C(C)/C(=C\c1ccc(-c2c3ccccc3c(C3C=CC(N(C)CCOCC)=CC3)c3ccccc23)cc1)c1ccccc1. The molecule has 5 aromatic carbocycles. The van der Waals surface area contributed by atoms with Crippen molar-refractivity contribution in [2.75, 3.05) is 26.8 Å². The summed E-state index contributed by atoms with van der Waals surface area (Å²) >= 11 is 0. The molecule has 0 radical (unpaired) electrons. The lowest BCUT2D eigenvalue weighted by Gasteiger charge is -2.26. The molecule has 0 amide bonds. The molecular formula is C46H43NO. The van der Waals surface area contributed by atoms with Gasteiger partial charge in [-0.1, -0.05) is 133 Å². The van der Waals surface area contributed by atoms with Gasteiger partial charge in [0, 0.05) is 31.8 Å². The average Bonchev–Trinajstić information content (AvgIpc) is 3.13. The van der Waals surface area contributed by atoms with Crippen LogP contribution in [0.3, 0.4) is 0 Å². The molecule has 48 heavy (non-hydrogen) atoms. The summed E-state index contributed by atoms with van der Waals surface area (Å²) in [6.07, 6.45) is 21.5. The van der Waals surface area contributed by atoms with Crippen molar-refractivity contribution in [1.29, 1.82) is 0 Å². The van der Waals surface area contributed by atoms with Gasteiger partial charge in [-0.25, -0.2) is 0 Å². The highest BCUT2D eigenvalue weighted by Gasteiger charge is 2.21. The second-order valence-corrected chi connectivity index (χ2v) is 12.3. The van der Waals surface area contributed by atoms with E-state index in [1.807, 2.05) is 13.0 Å². The number of likely N-dealkylation sites (N-methyl/N-ethyl adjacent to an activating group) is 1. The Kier molecular flexibility index (Phi) is 10.5. The maximum atomic E-state index is 5.59. The highest BCUT2D eigenvalue weighted by atomic mass is 16.5. The highest BCUT2D eigenvalue weighted by molar-refractivity contribution is 6.15. The Balaban J connectivity index is 1.39. The maximum Gasteiger partial charge on any atom is 0.0641 e. The first-order valence-corrected chi connectivity index (χ1v) is 16.9. The summed E-state index contributed by atoms with van der Waals surface area (Å²) in [5, 5.41) is 5.21. The van der Waals surface area contributed by atoms with Crippen LogP contribution in [0.25, 0.3) is 44.3 Å². The van der Waals surface area contributed by atoms with Gasteiger partial charge >= 0.3 is 0 Å². The van der Waals surface area contributed by atoms with Gasteiger partial charge in [0.1, 0.15) is 0 Å². The molecule has 1 aliphatic carbocycles. The highest BCUT2D eigenvalue weighted by Crippen LogP contribution is 2.44. The molecule has 0 N–H and O–H groups in total. The first kappa shape index (κ1) is 32.6. The normalized spacial score (nSPS) is 15.2. The van der Waals surface area contributed by atoms with Crippen molar-refractivity contribution in [3.8, 4) is 23.5 Å². The Morgan fingerprint density at radius 1 is 0.875 bits per heavy atom. The molecule has 1 atom stereocenters. The fraction of sp³-hybridized carbons (Fsp3) is 0.174. The van der Waals surface area contributed by atoms with E-state index in [-0.39, 0.29) is 0 Å². The minimum Gasteiger partial charge on any atom is -0.380 e. The monoisotopic (exact) mass is 625 g/mol. The number of ether oxygens (including phenoxy) is 1. The van der Waals surface area contributed by atoms with Crippen LogP contribution in [0.5, 0.6) is 0 Å². The summed E-state index contributed by atoms with van der Waals surface area (Å²) in [5.74, 6) is 2.88. The smallest absolute Gasteiger partial charge is 0.0641 e. The summed E-state index contributed by atoms with van der Waals surface area (Å²) in [4.78, 5) is 2.29. The van der Waals surface area contributed by atoms with Crippen LogP contribution in [0.4, 0.5) is 0 Å². The second-order valence-electron chi connectivity index (χ2n) is 12.3. The summed E-state index contributed by atoms with van der Waals surface area (Å²) in [6.45, 7) is 6.55. The van der Waals surface area contributed by atoms with Crippen LogP contribution in [0.1, 0.15) is 42.9 Å². The predicted molar refractivity (Wildman–Crippen MR) is 207 cm³/mol. The van der Waals surface area contributed by atoms with E-state index in [0.29, 0.717) is 5.92 Å². The van der Waals surface area contributed by atoms with Gasteiger partial charge in [0.05, 0.1) is 6.61 Å². The van der Waals surface area contributed by atoms with Crippen LogP contribution in [0, 0.1) is 12.3 Å². The van der Waals surface area contributed by atoms with Gasteiger partial charge in [-0.2, -0.15) is 0 Å². The Morgan fingerprint density at radius 3 is 2.12 bits per heavy atom. The summed E-state index contributed by atoms with van der Waals surface area (Å²) in [7, 11) is 2.15. The van der Waals surface area contributed by atoms with Crippen molar-refractivity contribution in [2.45, 2.75) is 26.2 Å². The minimum absolute atomic E-state index is 0.300. The molecule has 6 rings (SSSR count). The first-order chi connectivity index (χ1) is 23.6. The number of fused-ring (bicyclic) bond motifs is 2. The minimum atomic E-state index is 0.300. The van der Waals surface area contributed by atoms with Crippen LogP contribution < -0.4 is 0 Å². The van der Waals surface area contributed by atoms with Crippen LogP contribution >= 0.6 is 0 Å². The third-order valence-electron chi connectivity index (χ3n) is 9.20. The van der Waals surface area contributed by atoms with Crippen molar-refractivity contribution in [1.82, 2.24) is 4.90 Å². The molecule has 0 heterocycles. The molecule has 2 nitrogen and oxygen atoms in total. The third kappa shape index (κ3) is 7.13. The Bertz CT molecular complexity index is 2030. The van der Waals surface area contributed by atoms with Crippen molar-refractivity contribution in [3.05, 3.63) is 168 Å². The van der Waals surface area contributed by atoms with Gasteiger partial charge < -0.3 is 9.64 Å². The van der Waals surface area contributed by atoms with Gasteiger partial charge in [0.25, 0.3) is 0 Å². The molecule has 0 aliphatic heterocycles. The fourth-order valence-electron chi connectivity index (χ4n) is 6.75. The molecule has 0 aromatic heterocycles. The van der Waals surface area contributed by atoms with E-state index in [9.17, 15) is 0 Å². The Hall–Kier alpha value is -5.36. The quantitative estimate of drug-likeness (QED) is 0.0476. The van der Waals surface area contributed by atoms with E-state index in [0.717, 1.165) is 37.3 Å². The molecule has 2 heteroatoms. The molecule has 0 saturated carbocycles. The maximum absolute atomic E-state index is 5.59. The van der Waals surface area contributed by atoms with E-state index < -0.39 is 0 Å². The van der Waals surface area contributed by atoms with Crippen molar-refractivity contribution in [3.63, 3.8) is 0 Å². The van der Waals surface area contributed by atoms with Gasteiger partial charge in [-0.3, -0.25) is 0 Å². The average molecular weight is 626 g/mol. The molecule has 0 spiro atoms. The fourth-order valence-corrected chi connectivity index (χ4v) is 6.75. The number of benzene rings is 5.